The summed E-state index contributed by atoms with van der Waals surface area (Å²) in [6, 6.07) is -3.97. The number of thioether (sulfide) groups is 1. The summed E-state index contributed by atoms with van der Waals surface area (Å²) in [7, 11) is 0. The summed E-state index contributed by atoms with van der Waals surface area (Å²) in [6.07, 6.45) is 3.31. The van der Waals surface area contributed by atoms with Crippen molar-refractivity contribution in [1.82, 2.24) is 16.0 Å². The van der Waals surface area contributed by atoms with Crippen molar-refractivity contribution in [3.63, 3.8) is 0 Å². The number of nitrogens with two attached hydrogens (primary N) is 3. The van der Waals surface area contributed by atoms with Crippen LogP contribution in [0.2, 0.25) is 0 Å². The highest BCUT2D eigenvalue weighted by molar-refractivity contribution is 7.98. The van der Waals surface area contributed by atoms with Crippen molar-refractivity contribution in [2.45, 2.75) is 63.7 Å². The summed E-state index contributed by atoms with van der Waals surface area (Å²) in [5.41, 5.74) is 16.4. The molecule has 0 spiro atoms. The maximum absolute atomic E-state index is 12.9. The van der Waals surface area contributed by atoms with E-state index >= 15 is 0 Å². The molecule has 10 N–H and O–H groups in total. The minimum Gasteiger partial charge on any atom is -0.480 e. The molecule has 0 saturated heterocycles. The number of rotatable bonds is 17. The summed E-state index contributed by atoms with van der Waals surface area (Å²) < 4.78 is 0. The average molecular weight is 522 g/mol. The first kappa shape index (κ1) is 31.8. The summed E-state index contributed by atoms with van der Waals surface area (Å²) >= 11 is 5.61. The number of nitrogens with one attached hydrogen (secondary N) is 3. The molecule has 0 heterocycles. The Labute approximate surface area is 210 Å². The van der Waals surface area contributed by atoms with Crippen molar-refractivity contribution >= 4 is 54.0 Å². The van der Waals surface area contributed by atoms with E-state index in [2.05, 4.69) is 33.6 Å². The van der Waals surface area contributed by atoms with E-state index in [1.807, 2.05) is 20.1 Å². The fourth-order valence-electron chi connectivity index (χ4n) is 2.78. The van der Waals surface area contributed by atoms with Crippen molar-refractivity contribution in [1.29, 1.82) is 0 Å². The van der Waals surface area contributed by atoms with Crippen LogP contribution >= 0.6 is 24.4 Å². The number of aliphatic carboxylic acids is 1. The molecule has 12 nitrogen and oxygen atoms in total. The molecule has 0 aliphatic heterocycles. The molecule has 0 bridgehead atoms. The van der Waals surface area contributed by atoms with Crippen LogP contribution in [0.15, 0.2) is 4.99 Å². The topological polar surface area (TPSA) is 215 Å². The van der Waals surface area contributed by atoms with Gasteiger partial charge in [0.15, 0.2) is 5.96 Å². The van der Waals surface area contributed by atoms with Crippen LogP contribution in [-0.4, -0.2) is 83.2 Å². The standard InChI is InChI=1S/C20H39N7O5S2/c1-4-11(2)15(21)18(30)25-12(7-9-34-3)16(28)27-14(10-33)17(29)26-13(19(31)32)6-5-8-24-20(22)23/h11-15,33H,4-10,21H2,1-3H3,(H,25,30)(H,26,29)(H,27,28)(H,31,32)(H4,22,23,24). The number of nitrogens with zero attached hydrogens (tertiary/aromatic N) is 1. The third-order valence-corrected chi connectivity index (χ3v) is 6.19. The molecule has 0 aliphatic carbocycles. The van der Waals surface area contributed by atoms with Crippen molar-refractivity contribution in [2.75, 3.05) is 24.3 Å². The normalized spacial score (nSPS) is 15.2. The number of carbonyl (C=O) groups excluding carboxylic acids is 3. The molecule has 0 aliphatic rings. The SMILES string of the molecule is CCC(C)C(N)C(=O)NC(CCSC)C(=O)NC(CS)C(=O)NC(CCCN=C(N)N)C(=O)O. The van der Waals surface area contributed by atoms with E-state index in [-0.39, 0.29) is 30.6 Å². The molecular weight excluding hydrogens is 482 g/mol. The van der Waals surface area contributed by atoms with Crippen LogP contribution in [0, 0.1) is 5.92 Å². The number of aliphatic imine (C=N–C) groups is 1. The summed E-state index contributed by atoms with van der Waals surface area (Å²) in [5, 5.41) is 17.0. The third-order valence-electron chi connectivity index (χ3n) is 5.18. The van der Waals surface area contributed by atoms with Gasteiger partial charge in [-0.3, -0.25) is 19.4 Å². The van der Waals surface area contributed by atoms with Gasteiger partial charge < -0.3 is 38.3 Å². The maximum Gasteiger partial charge on any atom is 0.326 e. The Hall–Kier alpha value is -2.19. The van der Waals surface area contributed by atoms with Gasteiger partial charge >= 0.3 is 5.97 Å². The first-order valence-corrected chi connectivity index (χ1v) is 13.1. The van der Waals surface area contributed by atoms with E-state index in [1.165, 1.54) is 11.8 Å². The van der Waals surface area contributed by atoms with E-state index < -0.39 is 47.9 Å². The van der Waals surface area contributed by atoms with Crippen LogP contribution in [0.25, 0.3) is 0 Å². The van der Waals surface area contributed by atoms with Crippen LogP contribution in [0.3, 0.4) is 0 Å². The third kappa shape index (κ3) is 12.3. The molecule has 0 rings (SSSR count). The van der Waals surface area contributed by atoms with Gasteiger partial charge in [-0.1, -0.05) is 20.3 Å². The second-order valence-electron chi connectivity index (χ2n) is 7.85. The first-order chi connectivity index (χ1) is 16.0. The number of carboxylic acids is 1. The van der Waals surface area contributed by atoms with Gasteiger partial charge in [0.05, 0.1) is 6.04 Å². The zero-order valence-corrected chi connectivity index (χ0v) is 21.7. The number of carbonyl (C=O) groups is 4. The van der Waals surface area contributed by atoms with Gasteiger partial charge in [-0.25, -0.2) is 4.79 Å². The van der Waals surface area contributed by atoms with Crippen molar-refractivity contribution in [3.05, 3.63) is 0 Å². The molecule has 5 unspecified atom stereocenters. The first-order valence-electron chi connectivity index (χ1n) is 11.0. The van der Waals surface area contributed by atoms with Gasteiger partial charge in [0.25, 0.3) is 0 Å². The monoisotopic (exact) mass is 521 g/mol. The van der Waals surface area contributed by atoms with Crippen LogP contribution in [0.1, 0.15) is 39.5 Å². The van der Waals surface area contributed by atoms with E-state index in [0.29, 0.717) is 25.0 Å². The lowest BCUT2D eigenvalue weighted by Crippen LogP contribution is -2.58. The minimum atomic E-state index is -1.23. The molecule has 3 amide bonds. The smallest absolute Gasteiger partial charge is 0.326 e. The molecular formula is C20H39N7O5S2. The van der Waals surface area contributed by atoms with E-state index in [9.17, 15) is 24.3 Å². The van der Waals surface area contributed by atoms with Gasteiger partial charge in [-0.05, 0) is 37.2 Å². The fourth-order valence-corrected chi connectivity index (χ4v) is 3.51. The lowest BCUT2D eigenvalue weighted by molar-refractivity contribution is -0.142. The van der Waals surface area contributed by atoms with Crippen molar-refractivity contribution < 1.29 is 24.3 Å². The molecule has 5 atom stereocenters. The largest absolute Gasteiger partial charge is 0.480 e. The quantitative estimate of drug-likeness (QED) is 0.0490. The second-order valence-corrected chi connectivity index (χ2v) is 9.20. The molecule has 0 radical (unpaired) electrons. The van der Waals surface area contributed by atoms with Gasteiger partial charge in [0.2, 0.25) is 17.7 Å². The maximum atomic E-state index is 12.9. The van der Waals surface area contributed by atoms with E-state index in [4.69, 9.17) is 17.2 Å². The molecule has 0 fully saturated rings. The van der Waals surface area contributed by atoms with Gasteiger partial charge in [-0.15, -0.1) is 0 Å². The van der Waals surface area contributed by atoms with E-state index in [1.54, 1.807) is 0 Å². The highest BCUT2D eigenvalue weighted by Crippen LogP contribution is 2.08. The van der Waals surface area contributed by atoms with Crippen LogP contribution in [0.4, 0.5) is 0 Å². The van der Waals surface area contributed by atoms with E-state index in [0.717, 1.165) is 0 Å². The molecule has 14 heteroatoms. The molecule has 0 saturated carbocycles. The Morgan fingerprint density at radius 1 is 1.00 bits per heavy atom. The fraction of sp³-hybridized carbons (Fsp3) is 0.750. The Bertz CT molecular complexity index is 707. The minimum absolute atomic E-state index is 0.0693. The molecule has 0 aromatic heterocycles. The Morgan fingerprint density at radius 2 is 1.56 bits per heavy atom. The van der Waals surface area contributed by atoms with Crippen molar-refractivity contribution in [3.8, 4) is 0 Å². The number of hydrogen-bond donors (Lipinski definition) is 8. The number of amides is 3. The average Bonchev–Trinajstić information content (AvgIpc) is 2.79. The Kier molecular flexibility index (Phi) is 16.2. The Balaban J connectivity index is 5.18. The van der Waals surface area contributed by atoms with Gasteiger partial charge in [0.1, 0.15) is 18.1 Å². The highest BCUT2D eigenvalue weighted by Gasteiger charge is 2.30. The van der Waals surface area contributed by atoms with Crippen LogP contribution in [0.5, 0.6) is 0 Å². The highest BCUT2D eigenvalue weighted by atomic mass is 32.2. The summed E-state index contributed by atoms with van der Waals surface area (Å²) in [5.74, 6) is -2.63. The lowest BCUT2D eigenvalue weighted by atomic mass is 9.99. The van der Waals surface area contributed by atoms with Crippen LogP contribution < -0.4 is 33.2 Å². The predicted octanol–water partition coefficient (Wildman–Crippen LogP) is -1.36. The zero-order valence-electron chi connectivity index (χ0n) is 20.0. The van der Waals surface area contributed by atoms with Gasteiger partial charge in [-0.2, -0.15) is 24.4 Å². The molecule has 0 aromatic carbocycles. The lowest BCUT2D eigenvalue weighted by Gasteiger charge is -2.25. The summed E-state index contributed by atoms with van der Waals surface area (Å²) in [6.45, 7) is 3.97. The summed E-state index contributed by atoms with van der Waals surface area (Å²) in [4.78, 5) is 53.3. The van der Waals surface area contributed by atoms with Gasteiger partial charge in [0, 0.05) is 12.3 Å². The number of hydrogen-bond acceptors (Lipinski definition) is 8. The van der Waals surface area contributed by atoms with Crippen LogP contribution in [-0.2, 0) is 19.2 Å². The molecule has 0 aromatic rings. The molecule has 34 heavy (non-hydrogen) atoms. The Morgan fingerprint density at radius 3 is 2.06 bits per heavy atom. The number of carboxylic acid groups (broad SMARTS) is 1. The zero-order chi connectivity index (χ0) is 26.3. The number of guanidine groups is 1. The molecule has 196 valence electrons. The predicted molar refractivity (Wildman–Crippen MR) is 138 cm³/mol. The second kappa shape index (κ2) is 17.3. The van der Waals surface area contributed by atoms with Crippen molar-refractivity contribution in [2.24, 2.45) is 28.1 Å². The number of thiol groups is 1.